The zero-order valence-corrected chi connectivity index (χ0v) is 17.3. The van der Waals surface area contributed by atoms with Crippen LogP contribution in [0.5, 0.6) is 11.5 Å². The van der Waals surface area contributed by atoms with E-state index in [0.29, 0.717) is 35.0 Å². The Balaban J connectivity index is 1.80. The lowest BCUT2D eigenvalue weighted by Crippen LogP contribution is -2.12. The molecule has 6 nitrogen and oxygen atoms in total. The quantitative estimate of drug-likeness (QED) is 0.337. The van der Waals surface area contributed by atoms with Gasteiger partial charge >= 0.3 is 0 Å². The van der Waals surface area contributed by atoms with Crippen LogP contribution in [0.2, 0.25) is 0 Å². The molecule has 1 N–H and O–H groups in total. The van der Waals surface area contributed by atoms with Gasteiger partial charge < -0.3 is 14.3 Å². The smallest absolute Gasteiger partial charge is 0.206 e. The van der Waals surface area contributed by atoms with Crippen LogP contribution in [0.15, 0.2) is 81.1 Å². The van der Waals surface area contributed by atoms with Gasteiger partial charge in [0, 0.05) is 16.3 Å². The SMILES string of the molecule is C=CCN=c1scc(-c2cc3ccccc3o2)n1N=Cc1cccc(OCC)c1O. The Kier molecular flexibility index (Phi) is 5.81. The largest absolute Gasteiger partial charge is 0.504 e. The van der Waals surface area contributed by atoms with Crippen molar-refractivity contribution in [1.82, 2.24) is 4.68 Å². The number of hydrogen-bond donors (Lipinski definition) is 1. The molecule has 30 heavy (non-hydrogen) atoms. The summed E-state index contributed by atoms with van der Waals surface area (Å²) in [6, 6.07) is 15.1. The third kappa shape index (κ3) is 3.92. The van der Waals surface area contributed by atoms with Crippen molar-refractivity contribution in [3.63, 3.8) is 0 Å². The van der Waals surface area contributed by atoms with Crippen LogP contribution in [-0.4, -0.2) is 29.1 Å². The average Bonchev–Trinajstić information content (AvgIpc) is 3.36. The van der Waals surface area contributed by atoms with Gasteiger partial charge in [0.15, 0.2) is 17.3 Å². The lowest BCUT2D eigenvalue weighted by Gasteiger charge is -2.07. The van der Waals surface area contributed by atoms with Gasteiger partial charge in [-0.25, -0.2) is 4.68 Å². The Morgan fingerprint density at radius 1 is 1.23 bits per heavy atom. The molecule has 0 bridgehead atoms. The Labute approximate surface area is 177 Å². The van der Waals surface area contributed by atoms with Crippen molar-refractivity contribution < 1.29 is 14.3 Å². The number of benzene rings is 2. The highest BCUT2D eigenvalue weighted by atomic mass is 32.1. The molecule has 4 rings (SSSR count). The molecule has 152 valence electrons. The van der Waals surface area contributed by atoms with Crippen molar-refractivity contribution in [3.8, 4) is 23.0 Å². The van der Waals surface area contributed by atoms with Gasteiger partial charge in [0.05, 0.1) is 19.4 Å². The van der Waals surface area contributed by atoms with E-state index in [2.05, 4.69) is 16.7 Å². The van der Waals surface area contributed by atoms with E-state index in [0.717, 1.165) is 16.7 Å². The molecule has 4 aromatic rings. The van der Waals surface area contributed by atoms with Crippen molar-refractivity contribution in [2.24, 2.45) is 10.1 Å². The number of thiazole rings is 1. The predicted octanol–water partition coefficient (Wildman–Crippen LogP) is 5.04. The van der Waals surface area contributed by atoms with Gasteiger partial charge in [-0.05, 0) is 31.2 Å². The highest BCUT2D eigenvalue weighted by Gasteiger charge is 2.13. The molecule has 0 saturated heterocycles. The van der Waals surface area contributed by atoms with Gasteiger partial charge in [0.25, 0.3) is 0 Å². The number of nitrogens with zero attached hydrogens (tertiary/aromatic N) is 3. The molecule has 0 aliphatic heterocycles. The molecular weight excluding hydrogens is 398 g/mol. The summed E-state index contributed by atoms with van der Waals surface area (Å²) >= 11 is 1.46. The maximum Gasteiger partial charge on any atom is 0.206 e. The lowest BCUT2D eigenvalue weighted by atomic mass is 10.2. The Bertz CT molecular complexity index is 1250. The van der Waals surface area contributed by atoms with E-state index in [1.54, 1.807) is 29.1 Å². The normalized spacial score (nSPS) is 12.1. The van der Waals surface area contributed by atoms with Gasteiger partial charge in [-0.3, -0.25) is 4.99 Å². The van der Waals surface area contributed by atoms with E-state index in [-0.39, 0.29) is 5.75 Å². The number of rotatable bonds is 7. The number of ether oxygens (including phenoxy) is 1. The van der Waals surface area contributed by atoms with Gasteiger partial charge in [0.1, 0.15) is 11.3 Å². The fraction of sp³-hybridized carbons (Fsp3) is 0.130. The molecule has 7 heteroatoms. The maximum absolute atomic E-state index is 10.5. The first kappa shape index (κ1) is 19.7. The molecule has 0 fully saturated rings. The van der Waals surface area contributed by atoms with E-state index >= 15 is 0 Å². The molecule has 0 unspecified atom stereocenters. The molecule has 2 heterocycles. The van der Waals surface area contributed by atoms with E-state index in [1.807, 2.05) is 48.7 Å². The number of aromatic nitrogens is 1. The van der Waals surface area contributed by atoms with Crippen LogP contribution in [0.25, 0.3) is 22.4 Å². The Morgan fingerprint density at radius 3 is 2.90 bits per heavy atom. The summed E-state index contributed by atoms with van der Waals surface area (Å²) in [5.41, 5.74) is 2.13. The highest BCUT2D eigenvalue weighted by molar-refractivity contribution is 7.07. The second-order valence-electron chi connectivity index (χ2n) is 6.36. The van der Waals surface area contributed by atoms with Crippen molar-refractivity contribution in [2.45, 2.75) is 6.92 Å². The van der Waals surface area contributed by atoms with Crippen LogP contribution < -0.4 is 9.54 Å². The van der Waals surface area contributed by atoms with Gasteiger partial charge in [-0.2, -0.15) is 5.10 Å². The monoisotopic (exact) mass is 419 g/mol. The molecule has 2 aromatic carbocycles. The summed E-state index contributed by atoms with van der Waals surface area (Å²) in [6.07, 6.45) is 3.32. The van der Waals surface area contributed by atoms with E-state index in [4.69, 9.17) is 9.15 Å². The summed E-state index contributed by atoms with van der Waals surface area (Å²) < 4.78 is 13.2. The summed E-state index contributed by atoms with van der Waals surface area (Å²) in [5.74, 6) is 1.16. The van der Waals surface area contributed by atoms with E-state index in [1.165, 1.54) is 11.3 Å². The number of para-hydroxylation sites is 2. The van der Waals surface area contributed by atoms with Crippen LogP contribution in [0.4, 0.5) is 0 Å². The predicted molar refractivity (Wildman–Crippen MR) is 120 cm³/mol. The van der Waals surface area contributed by atoms with Crippen LogP contribution in [-0.2, 0) is 0 Å². The first-order valence-corrected chi connectivity index (χ1v) is 10.4. The molecule has 0 amide bonds. The van der Waals surface area contributed by atoms with E-state index < -0.39 is 0 Å². The van der Waals surface area contributed by atoms with Crippen LogP contribution >= 0.6 is 11.3 Å². The standard InChI is InChI=1S/C23H21N3O3S/c1-3-12-24-23-26(25-14-17-9-7-11-20(22(17)27)28-4-2)18(15-30-23)21-13-16-8-5-6-10-19(16)29-21/h3,5-11,13-15,27H,1,4,12H2,2H3. The maximum atomic E-state index is 10.5. The fourth-order valence-electron chi connectivity index (χ4n) is 2.98. The first-order valence-electron chi connectivity index (χ1n) is 9.51. The van der Waals surface area contributed by atoms with Gasteiger partial charge in [-0.15, -0.1) is 17.9 Å². The van der Waals surface area contributed by atoms with Gasteiger partial charge in [0.2, 0.25) is 4.80 Å². The Hall–Kier alpha value is -3.58. The fourth-order valence-corrected chi connectivity index (χ4v) is 3.80. The third-order valence-corrected chi connectivity index (χ3v) is 5.22. The highest BCUT2D eigenvalue weighted by Crippen LogP contribution is 2.30. The second-order valence-corrected chi connectivity index (χ2v) is 7.20. The average molecular weight is 420 g/mol. The van der Waals surface area contributed by atoms with Crippen molar-refractivity contribution >= 4 is 28.5 Å². The number of phenolic OH excluding ortho intramolecular Hbond substituents is 1. The third-order valence-electron chi connectivity index (χ3n) is 4.36. The molecular formula is C23H21N3O3S. The second kappa shape index (κ2) is 8.84. The van der Waals surface area contributed by atoms with Gasteiger partial charge in [-0.1, -0.05) is 30.3 Å². The molecule has 0 radical (unpaired) electrons. The van der Waals surface area contributed by atoms with Crippen molar-refractivity contribution in [3.05, 3.63) is 76.9 Å². The summed E-state index contributed by atoms with van der Waals surface area (Å²) in [5, 5.41) is 18.0. The molecule has 0 aliphatic carbocycles. The number of furan rings is 1. The summed E-state index contributed by atoms with van der Waals surface area (Å²) in [7, 11) is 0. The molecule has 0 spiro atoms. The number of fused-ring (bicyclic) bond motifs is 1. The number of aromatic hydroxyl groups is 1. The lowest BCUT2D eigenvalue weighted by molar-refractivity contribution is 0.318. The minimum absolute atomic E-state index is 0.0498. The van der Waals surface area contributed by atoms with Crippen LogP contribution in [0, 0.1) is 0 Å². The minimum atomic E-state index is 0.0498. The topological polar surface area (TPSA) is 72.2 Å². The zero-order valence-electron chi connectivity index (χ0n) is 16.5. The minimum Gasteiger partial charge on any atom is -0.504 e. The zero-order chi connectivity index (χ0) is 20.9. The van der Waals surface area contributed by atoms with Crippen molar-refractivity contribution in [1.29, 1.82) is 0 Å². The summed E-state index contributed by atoms with van der Waals surface area (Å²) in [6.45, 7) is 6.54. The molecule has 2 aromatic heterocycles. The number of hydrogen-bond acceptors (Lipinski definition) is 6. The number of phenols is 1. The molecule has 0 atom stereocenters. The first-order chi connectivity index (χ1) is 14.7. The van der Waals surface area contributed by atoms with E-state index in [9.17, 15) is 5.11 Å². The molecule has 0 saturated carbocycles. The summed E-state index contributed by atoms with van der Waals surface area (Å²) in [4.78, 5) is 5.22. The van der Waals surface area contributed by atoms with Crippen LogP contribution in [0.3, 0.4) is 0 Å². The van der Waals surface area contributed by atoms with Crippen LogP contribution in [0.1, 0.15) is 12.5 Å². The Morgan fingerprint density at radius 2 is 2.10 bits per heavy atom. The van der Waals surface area contributed by atoms with Crippen molar-refractivity contribution in [2.75, 3.05) is 13.2 Å². The molecule has 0 aliphatic rings.